The Morgan fingerprint density at radius 1 is 1.03 bits per heavy atom. The first-order valence-electron chi connectivity index (χ1n) is 10.3. The van der Waals surface area contributed by atoms with E-state index in [1.807, 2.05) is 0 Å². The Morgan fingerprint density at radius 2 is 1.75 bits per heavy atom. The number of hydrogen-bond acceptors (Lipinski definition) is 7. The molecule has 0 saturated heterocycles. The second-order valence-corrected chi connectivity index (χ2v) is 7.46. The molecular weight excluding hydrogens is 494 g/mol. The Bertz CT molecular complexity index is 1380. The zero-order valence-electron chi connectivity index (χ0n) is 18.5. The largest absolute Gasteiger partial charge is 0.494 e. The molecule has 0 aliphatic rings. The predicted octanol–water partition coefficient (Wildman–Crippen LogP) is 5.01. The van der Waals surface area contributed by atoms with Crippen LogP contribution in [0.2, 0.25) is 0 Å². The standard InChI is InChI=1S/C23H18F6N4O3/c1-34-18-4-2-13(12-3-5-20(23(27,28)29)33-21(12)18)22-32-17(19(8-30)36-22)10-35-31-9-14-15(25)6-11(24)7-16(14)26/h2-7,31H,8-10,30H2,1H3. The molecule has 0 aliphatic heterocycles. The van der Waals surface area contributed by atoms with Gasteiger partial charge in [-0.25, -0.2) is 23.1 Å². The SMILES string of the molecule is COc1ccc(-c2nc(CONCc3c(F)cc(F)cc3F)c(CN)o2)c2ccc(C(F)(F)F)nc12. The molecule has 0 bridgehead atoms. The fraction of sp³-hybridized carbons (Fsp3) is 0.217. The second kappa shape index (κ2) is 10.1. The van der Waals surface area contributed by atoms with Crippen molar-refractivity contribution in [1.29, 1.82) is 0 Å². The molecule has 0 fully saturated rings. The smallest absolute Gasteiger partial charge is 0.433 e. The van der Waals surface area contributed by atoms with Crippen molar-refractivity contribution in [3.8, 4) is 17.2 Å². The molecule has 0 saturated carbocycles. The van der Waals surface area contributed by atoms with Crippen LogP contribution in [0.3, 0.4) is 0 Å². The summed E-state index contributed by atoms with van der Waals surface area (Å²) < 4.78 is 90.9. The molecule has 2 aromatic carbocycles. The maximum absolute atomic E-state index is 13.7. The first kappa shape index (κ1) is 25.4. The predicted molar refractivity (Wildman–Crippen MR) is 115 cm³/mol. The zero-order chi connectivity index (χ0) is 26.0. The number of nitrogens with two attached hydrogens (primary N) is 1. The van der Waals surface area contributed by atoms with Crippen LogP contribution in [-0.2, 0) is 30.7 Å². The number of aromatic nitrogens is 2. The summed E-state index contributed by atoms with van der Waals surface area (Å²) in [5.74, 6) is -2.83. The van der Waals surface area contributed by atoms with Gasteiger partial charge in [-0.1, -0.05) is 0 Å². The van der Waals surface area contributed by atoms with Gasteiger partial charge in [-0.05, 0) is 24.3 Å². The molecule has 4 aromatic rings. The molecule has 0 amide bonds. The lowest BCUT2D eigenvalue weighted by Crippen LogP contribution is -2.17. The summed E-state index contributed by atoms with van der Waals surface area (Å²) in [4.78, 5) is 13.2. The molecule has 3 N–H and O–H groups in total. The van der Waals surface area contributed by atoms with Gasteiger partial charge in [-0.15, -0.1) is 0 Å². The van der Waals surface area contributed by atoms with Crippen molar-refractivity contribution in [2.24, 2.45) is 5.73 Å². The lowest BCUT2D eigenvalue weighted by molar-refractivity contribution is -0.140. The van der Waals surface area contributed by atoms with Crippen LogP contribution in [0.4, 0.5) is 26.3 Å². The minimum Gasteiger partial charge on any atom is -0.494 e. The Labute approximate surface area is 199 Å². The Balaban J connectivity index is 1.58. The maximum atomic E-state index is 13.7. The summed E-state index contributed by atoms with van der Waals surface area (Å²) in [7, 11) is 1.31. The number of methoxy groups -OCH3 is 1. The summed E-state index contributed by atoms with van der Waals surface area (Å²) in [5.41, 5.74) is 7.09. The third kappa shape index (κ3) is 5.12. The molecule has 0 spiro atoms. The molecule has 0 atom stereocenters. The van der Waals surface area contributed by atoms with Gasteiger partial charge in [0.15, 0.2) is 0 Å². The molecule has 13 heteroatoms. The molecular formula is C23H18F6N4O3. The topological polar surface area (TPSA) is 95.4 Å². The fourth-order valence-corrected chi connectivity index (χ4v) is 3.46. The fourth-order valence-electron chi connectivity index (χ4n) is 3.46. The Hall–Kier alpha value is -3.68. The Kier molecular flexibility index (Phi) is 7.15. The number of benzene rings is 2. The number of ether oxygens (including phenoxy) is 1. The van der Waals surface area contributed by atoms with Gasteiger partial charge in [0, 0.05) is 28.6 Å². The minimum atomic E-state index is -4.65. The van der Waals surface area contributed by atoms with Crippen molar-refractivity contribution in [1.82, 2.24) is 15.4 Å². The van der Waals surface area contributed by atoms with Crippen molar-refractivity contribution in [2.45, 2.75) is 25.9 Å². The lowest BCUT2D eigenvalue weighted by atomic mass is 10.1. The van der Waals surface area contributed by atoms with E-state index < -0.39 is 41.4 Å². The van der Waals surface area contributed by atoms with E-state index in [0.717, 1.165) is 6.07 Å². The number of fused-ring (bicyclic) bond motifs is 1. The van der Waals surface area contributed by atoms with Crippen LogP contribution >= 0.6 is 0 Å². The zero-order valence-corrected chi connectivity index (χ0v) is 18.5. The van der Waals surface area contributed by atoms with Crippen LogP contribution in [0.15, 0.2) is 40.8 Å². The number of nitrogens with one attached hydrogen (secondary N) is 1. The van der Waals surface area contributed by atoms with E-state index in [-0.39, 0.29) is 41.8 Å². The number of rotatable bonds is 8. The highest BCUT2D eigenvalue weighted by Crippen LogP contribution is 2.37. The average Bonchev–Trinajstić information content (AvgIpc) is 3.24. The number of hydrogen-bond donors (Lipinski definition) is 2. The quantitative estimate of drug-likeness (QED) is 0.195. The molecule has 7 nitrogen and oxygen atoms in total. The number of alkyl halides is 3. The first-order valence-corrected chi connectivity index (χ1v) is 10.3. The molecule has 0 unspecified atom stereocenters. The van der Waals surface area contributed by atoms with Gasteiger partial charge in [0.05, 0.1) is 20.2 Å². The van der Waals surface area contributed by atoms with Gasteiger partial charge < -0.3 is 14.9 Å². The minimum absolute atomic E-state index is 0.0406. The third-order valence-corrected chi connectivity index (χ3v) is 5.19. The van der Waals surface area contributed by atoms with E-state index in [4.69, 9.17) is 19.7 Å². The van der Waals surface area contributed by atoms with E-state index in [9.17, 15) is 26.3 Å². The number of oxazole rings is 1. The van der Waals surface area contributed by atoms with Crippen molar-refractivity contribution < 1.29 is 40.3 Å². The van der Waals surface area contributed by atoms with Gasteiger partial charge in [0.2, 0.25) is 5.89 Å². The van der Waals surface area contributed by atoms with Gasteiger partial charge in [0.25, 0.3) is 0 Å². The Morgan fingerprint density at radius 3 is 2.39 bits per heavy atom. The first-order chi connectivity index (χ1) is 17.1. The van der Waals surface area contributed by atoms with E-state index in [2.05, 4.69) is 15.4 Å². The normalized spacial score (nSPS) is 11.9. The number of hydroxylamine groups is 1. The summed E-state index contributed by atoms with van der Waals surface area (Å²) in [5, 5.41) is 0.292. The molecule has 2 aromatic heterocycles. The monoisotopic (exact) mass is 512 g/mol. The van der Waals surface area contributed by atoms with Crippen molar-refractivity contribution in [3.63, 3.8) is 0 Å². The maximum Gasteiger partial charge on any atom is 0.433 e. The van der Waals surface area contributed by atoms with E-state index in [1.165, 1.54) is 19.2 Å². The molecule has 2 heterocycles. The van der Waals surface area contributed by atoms with Gasteiger partial charge in [0.1, 0.15) is 52.5 Å². The van der Waals surface area contributed by atoms with Gasteiger partial charge in [-0.3, -0.25) is 4.84 Å². The molecule has 0 aliphatic carbocycles. The van der Waals surface area contributed by atoms with E-state index in [0.29, 0.717) is 23.1 Å². The van der Waals surface area contributed by atoms with Crippen molar-refractivity contribution >= 4 is 10.9 Å². The van der Waals surface area contributed by atoms with Crippen LogP contribution in [0, 0.1) is 17.5 Å². The number of nitrogens with zero attached hydrogens (tertiary/aromatic N) is 2. The molecule has 36 heavy (non-hydrogen) atoms. The van der Waals surface area contributed by atoms with Crippen LogP contribution in [-0.4, -0.2) is 17.1 Å². The van der Waals surface area contributed by atoms with Crippen LogP contribution in [0.1, 0.15) is 22.7 Å². The number of pyridine rings is 1. The summed E-state index contributed by atoms with van der Waals surface area (Å²) in [6, 6.07) is 6.13. The molecule has 190 valence electrons. The second-order valence-electron chi connectivity index (χ2n) is 7.46. The highest BCUT2D eigenvalue weighted by atomic mass is 19.4. The highest BCUT2D eigenvalue weighted by molar-refractivity contribution is 5.96. The van der Waals surface area contributed by atoms with Crippen molar-refractivity contribution in [2.75, 3.05) is 7.11 Å². The summed E-state index contributed by atoms with van der Waals surface area (Å²) in [6.45, 7) is -0.723. The molecule has 0 radical (unpaired) electrons. The lowest BCUT2D eigenvalue weighted by Gasteiger charge is -2.11. The third-order valence-electron chi connectivity index (χ3n) is 5.19. The highest BCUT2D eigenvalue weighted by Gasteiger charge is 2.33. The summed E-state index contributed by atoms with van der Waals surface area (Å²) >= 11 is 0. The van der Waals surface area contributed by atoms with Gasteiger partial charge >= 0.3 is 6.18 Å². The van der Waals surface area contributed by atoms with Crippen LogP contribution in [0.25, 0.3) is 22.4 Å². The summed E-state index contributed by atoms with van der Waals surface area (Å²) in [6.07, 6.45) is -4.65. The molecule has 4 rings (SSSR count). The van der Waals surface area contributed by atoms with Crippen LogP contribution < -0.4 is 16.0 Å². The average molecular weight is 512 g/mol. The number of halogens is 6. The van der Waals surface area contributed by atoms with E-state index >= 15 is 0 Å². The van der Waals surface area contributed by atoms with E-state index in [1.54, 1.807) is 6.07 Å². The van der Waals surface area contributed by atoms with Gasteiger partial charge in [-0.2, -0.15) is 18.7 Å². The van der Waals surface area contributed by atoms with Crippen molar-refractivity contribution in [3.05, 3.63) is 76.6 Å². The van der Waals surface area contributed by atoms with Crippen LogP contribution in [0.5, 0.6) is 5.75 Å².